The lowest BCUT2D eigenvalue weighted by molar-refractivity contribution is -0.126. The molecule has 0 aliphatic carbocycles. The van der Waals surface area contributed by atoms with E-state index >= 15 is 0 Å². The molecule has 0 saturated carbocycles. The number of carbonyl (C=O) groups is 1. The number of fused-ring (bicyclic) bond motifs is 3. The maximum Gasteiger partial charge on any atom is 0.246 e. The van der Waals surface area contributed by atoms with Crippen LogP contribution in [0.1, 0.15) is 28.2 Å². The quantitative estimate of drug-likeness (QED) is 0.729. The van der Waals surface area contributed by atoms with E-state index < -0.39 is 0 Å². The summed E-state index contributed by atoms with van der Waals surface area (Å²) in [5, 5.41) is 4.59. The second kappa shape index (κ2) is 3.91. The number of aromatic nitrogens is 3. The lowest BCUT2D eigenvalue weighted by Crippen LogP contribution is -2.23. The van der Waals surface area contributed by atoms with E-state index in [9.17, 15) is 4.79 Å². The van der Waals surface area contributed by atoms with Crippen LogP contribution in [0.4, 0.5) is 0 Å². The van der Waals surface area contributed by atoms with Gasteiger partial charge in [0.25, 0.3) is 0 Å². The average Bonchev–Trinajstić information content (AvgIpc) is 2.94. The molecule has 98 valence electrons. The number of hydrogen-bond acceptors (Lipinski definition) is 3. The highest BCUT2D eigenvalue weighted by Crippen LogP contribution is 2.27. The Labute approximate surface area is 111 Å². The first-order valence-corrected chi connectivity index (χ1v) is 6.28. The van der Waals surface area contributed by atoms with Crippen LogP contribution in [-0.4, -0.2) is 25.4 Å². The largest absolute Gasteiger partial charge is 0.329 e. The number of rotatable bonds is 1. The van der Waals surface area contributed by atoms with Crippen LogP contribution in [0.3, 0.4) is 0 Å². The van der Waals surface area contributed by atoms with E-state index in [0.717, 1.165) is 33.9 Å². The summed E-state index contributed by atoms with van der Waals surface area (Å²) in [6.45, 7) is 10.7. The first-order chi connectivity index (χ1) is 9.02. The third-order valence-electron chi connectivity index (χ3n) is 3.89. The van der Waals surface area contributed by atoms with Gasteiger partial charge in [-0.05, 0) is 32.4 Å². The lowest BCUT2D eigenvalue weighted by Gasteiger charge is -2.13. The molecule has 5 heteroatoms. The summed E-state index contributed by atoms with van der Waals surface area (Å²) >= 11 is 0. The molecule has 0 aromatic carbocycles. The van der Waals surface area contributed by atoms with Gasteiger partial charge in [-0.1, -0.05) is 6.58 Å². The summed E-state index contributed by atoms with van der Waals surface area (Å²) in [7, 11) is 0. The molecule has 0 atom stereocenters. The Morgan fingerprint density at radius 2 is 2.05 bits per heavy atom. The Morgan fingerprint density at radius 3 is 2.74 bits per heavy atom. The monoisotopic (exact) mass is 256 g/mol. The Hall–Kier alpha value is -2.17. The number of nitrogens with zero attached hydrogens (tertiary/aromatic N) is 4. The summed E-state index contributed by atoms with van der Waals surface area (Å²) in [6.07, 6.45) is 1.34. The van der Waals surface area contributed by atoms with Crippen molar-refractivity contribution >= 4 is 11.6 Å². The van der Waals surface area contributed by atoms with Gasteiger partial charge in [-0.15, -0.1) is 0 Å². The highest BCUT2D eigenvalue weighted by molar-refractivity contribution is 5.87. The van der Waals surface area contributed by atoms with Crippen molar-refractivity contribution in [3.63, 3.8) is 0 Å². The maximum absolute atomic E-state index is 11.7. The van der Waals surface area contributed by atoms with E-state index in [4.69, 9.17) is 0 Å². The molecule has 0 fully saturated rings. The van der Waals surface area contributed by atoms with E-state index in [1.165, 1.54) is 6.08 Å². The lowest BCUT2D eigenvalue weighted by atomic mass is 10.2. The van der Waals surface area contributed by atoms with Crippen molar-refractivity contribution < 1.29 is 4.79 Å². The second-order valence-corrected chi connectivity index (χ2v) is 4.97. The van der Waals surface area contributed by atoms with Gasteiger partial charge < -0.3 is 4.90 Å². The van der Waals surface area contributed by atoms with Crippen LogP contribution in [0, 0.1) is 20.8 Å². The molecule has 2 aromatic rings. The highest BCUT2D eigenvalue weighted by atomic mass is 16.2. The maximum atomic E-state index is 11.7. The molecule has 19 heavy (non-hydrogen) atoms. The predicted octanol–water partition coefficient (Wildman–Crippen LogP) is 1.68. The van der Waals surface area contributed by atoms with Gasteiger partial charge in [0.15, 0.2) is 5.65 Å². The Bertz CT molecular complexity index is 714. The van der Waals surface area contributed by atoms with Gasteiger partial charge in [-0.3, -0.25) is 4.79 Å². The number of amides is 1. The first kappa shape index (κ1) is 11.9. The molecule has 0 unspecified atom stereocenters. The van der Waals surface area contributed by atoms with Gasteiger partial charge in [0.1, 0.15) is 0 Å². The Kier molecular flexibility index (Phi) is 2.45. The minimum absolute atomic E-state index is 0.0586. The van der Waals surface area contributed by atoms with Gasteiger partial charge in [-0.2, -0.15) is 5.10 Å². The summed E-state index contributed by atoms with van der Waals surface area (Å²) in [5.41, 5.74) is 6.15. The first-order valence-electron chi connectivity index (χ1n) is 6.28. The van der Waals surface area contributed by atoms with Gasteiger partial charge in [0.05, 0.1) is 18.8 Å². The third-order valence-corrected chi connectivity index (χ3v) is 3.89. The number of hydrogen-bond donors (Lipinski definition) is 0. The minimum atomic E-state index is -0.0586. The smallest absolute Gasteiger partial charge is 0.246 e. The van der Waals surface area contributed by atoms with Crippen molar-refractivity contribution in [1.82, 2.24) is 19.5 Å². The topological polar surface area (TPSA) is 50.5 Å². The SMILES string of the molecule is C=CC(=O)N1Cc2nn3c(C)c(C)c(C)nc3c2C1. The van der Waals surface area contributed by atoms with Crippen molar-refractivity contribution in [2.45, 2.75) is 33.9 Å². The molecular weight excluding hydrogens is 240 g/mol. The average molecular weight is 256 g/mol. The molecular formula is C14H16N4O. The van der Waals surface area contributed by atoms with Gasteiger partial charge in [-0.25, -0.2) is 9.50 Å². The van der Waals surface area contributed by atoms with E-state index in [1.54, 1.807) is 4.90 Å². The third kappa shape index (κ3) is 1.58. The molecule has 5 nitrogen and oxygen atoms in total. The normalized spacial score (nSPS) is 13.9. The standard InChI is InChI=1S/C14H16N4O/c1-5-13(19)17-6-11-12(7-17)16-18-10(4)8(2)9(3)15-14(11)18/h5H,1,6-7H2,2-4H3. The molecule has 3 heterocycles. The molecule has 2 aromatic heterocycles. The molecule has 0 spiro atoms. The molecule has 1 aliphatic heterocycles. The highest BCUT2D eigenvalue weighted by Gasteiger charge is 2.28. The van der Waals surface area contributed by atoms with Crippen molar-refractivity contribution in [1.29, 1.82) is 0 Å². The number of aryl methyl sites for hydroxylation is 2. The van der Waals surface area contributed by atoms with Crippen molar-refractivity contribution in [3.05, 3.63) is 40.9 Å². The Morgan fingerprint density at radius 1 is 1.32 bits per heavy atom. The van der Waals surface area contributed by atoms with Gasteiger partial charge in [0, 0.05) is 17.0 Å². The fraction of sp³-hybridized carbons (Fsp3) is 0.357. The zero-order valence-corrected chi connectivity index (χ0v) is 11.4. The van der Waals surface area contributed by atoms with Crippen molar-refractivity contribution in [2.75, 3.05) is 0 Å². The molecule has 1 aliphatic rings. The molecule has 0 radical (unpaired) electrons. The summed E-state index contributed by atoms with van der Waals surface area (Å²) < 4.78 is 1.89. The van der Waals surface area contributed by atoms with Crippen LogP contribution >= 0.6 is 0 Å². The fourth-order valence-electron chi connectivity index (χ4n) is 2.50. The van der Waals surface area contributed by atoms with Crippen LogP contribution in [0.15, 0.2) is 12.7 Å². The Balaban J connectivity index is 2.15. The van der Waals surface area contributed by atoms with Crippen LogP contribution in [0.25, 0.3) is 5.65 Å². The summed E-state index contributed by atoms with van der Waals surface area (Å²) in [4.78, 5) is 18.0. The molecule has 0 bridgehead atoms. The van der Waals surface area contributed by atoms with E-state index in [2.05, 4.69) is 23.6 Å². The van der Waals surface area contributed by atoms with Crippen LogP contribution in [0.5, 0.6) is 0 Å². The zero-order chi connectivity index (χ0) is 13.7. The van der Waals surface area contributed by atoms with E-state index in [1.807, 2.05) is 18.4 Å². The van der Waals surface area contributed by atoms with E-state index in [-0.39, 0.29) is 5.91 Å². The minimum Gasteiger partial charge on any atom is -0.329 e. The molecule has 0 N–H and O–H groups in total. The van der Waals surface area contributed by atoms with Crippen LogP contribution in [-0.2, 0) is 17.9 Å². The zero-order valence-electron chi connectivity index (χ0n) is 11.4. The van der Waals surface area contributed by atoms with Crippen molar-refractivity contribution in [3.8, 4) is 0 Å². The fourth-order valence-corrected chi connectivity index (χ4v) is 2.50. The van der Waals surface area contributed by atoms with E-state index in [0.29, 0.717) is 13.1 Å². The summed E-state index contributed by atoms with van der Waals surface area (Å²) in [6, 6.07) is 0. The van der Waals surface area contributed by atoms with Crippen LogP contribution in [0.2, 0.25) is 0 Å². The molecule has 3 rings (SSSR count). The molecule has 1 amide bonds. The van der Waals surface area contributed by atoms with Gasteiger partial charge >= 0.3 is 0 Å². The predicted molar refractivity (Wildman–Crippen MR) is 71.6 cm³/mol. The van der Waals surface area contributed by atoms with Crippen LogP contribution < -0.4 is 0 Å². The molecule has 0 saturated heterocycles. The summed E-state index contributed by atoms with van der Waals surface area (Å²) in [5.74, 6) is -0.0586. The number of carbonyl (C=O) groups excluding carboxylic acids is 1. The van der Waals surface area contributed by atoms with Gasteiger partial charge in [0.2, 0.25) is 5.91 Å². The second-order valence-electron chi connectivity index (χ2n) is 4.97. The van der Waals surface area contributed by atoms with Crippen molar-refractivity contribution in [2.24, 2.45) is 0 Å².